The monoisotopic (exact) mass is 170 g/mol. The number of carboxylic acids is 1. The molecule has 0 aromatic carbocycles. The molecule has 0 aliphatic rings. The van der Waals surface area contributed by atoms with E-state index >= 15 is 0 Å². The van der Waals surface area contributed by atoms with E-state index in [-0.39, 0.29) is 5.69 Å². The van der Waals surface area contributed by atoms with E-state index in [1.54, 1.807) is 0 Å². The van der Waals surface area contributed by atoms with Gasteiger partial charge in [-0.25, -0.2) is 9.78 Å². The predicted octanol–water partition coefficient (Wildman–Crippen LogP) is 0.605. The Morgan fingerprint density at radius 3 is 2.64 bits per heavy atom. The molecule has 0 radical (unpaired) electrons. The molecule has 0 spiro atoms. The van der Waals surface area contributed by atoms with E-state index in [1.807, 2.05) is 0 Å². The molecule has 0 atom stereocenters. The first kappa shape index (κ1) is 8.00. The summed E-state index contributed by atoms with van der Waals surface area (Å²) in [6, 6.07) is 0. The van der Waals surface area contributed by atoms with E-state index in [0.717, 1.165) is 0 Å². The number of nitrogens with zero attached hydrogens (tertiary/aromatic N) is 2. The molecular formula is C6H6N2O2S. The van der Waals surface area contributed by atoms with E-state index < -0.39 is 5.97 Å². The lowest BCUT2D eigenvalue weighted by Crippen LogP contribution is -2.01. The lowest BCUT2D eigenvalue weighted by Gasteiger charge is -1.94. The Labute approximate surface area is 68.7 Å². The van der Waals surface area contributed by atoms with Gasteiger partial charge in [0.2, 0.25) is 0 Å². The summed E-state index contributed by atoms with van der Waals surface area (Å²) in [7, 11) is 0. The van der Waals surface area contributed by atoms with Gasteiger partial charge in [0, 0.05) is 5.75 Å². The first-order chi connectivity index (χ1) is 5.24. The van der Waals surface area contributed by atoms with Crippen molar-refractivity contribution in [1.82, 2.24) is 9.97 Å². The Hall–Kier alpha value is -1.10. The summed E-state index contributed by atoms with van der Waals surface area (Å²) < 4.78 is 0. The number of carboxylic acid groups (broad SMARTS) is 1. The van der Waals surface area contributed by atoms with Gasteiger partial charge in [0.25, 0.3) is 0 Å². The second kappa shape index (κ2) is 3.34. The number of thiol groups is 1. The Kier molecular flexibility index (Phi) is 2.43. The van der Waals surface area contributed by atoms with Crippen LogP contribution < -0.4 is 0 Å². The molecule has 58 valence electrons. The molecular weight excluding hydrogens is 164 g/mol. The van der Waals surface area contributed by atoms with Crippen LogP contribution in [0.25, 0.3) is 0 Å². The topological polar surface area (TPSA) is 63.1 Å². The zero-order chi connectivity index (χ0) is 8.27. The Balaban J connectivity index is 2.91. The summed E-state index contributed by atoms with van der Waals surface area (Å²) >= 11 is 3.95. The van der Waals surface area contributed by atoms with Gasteiger partial charge in [0.1, 0.15) is 0 Å². The van der Waals surface area contributed by atoms with Crippen LogP contribution in [-0.2, 0) is 5.75 Å². The highest BCUT2D eigenvalue weighted by Gasteiger charge is 2.03. The van der Waals surface area contributed by atoms with Crippen molar-refractivity contribution in [1.29, 1.82) is 0 Å². The highest BCUT2D eigenvalue weighted by Crippen LogP contribution is 1.97. The minimum absolute atomic E-state index is 0.0458. The number of hydrogen-bond donors (Lipinski definition) is 2. The molecule has 0 saturated heterocycles. The average molecular weight is 170 g/mol. The third-order valence-corrected chi connectivity index (χ3v) is 1.41. The normalized spacial score (nSPS) is 9.55. The Morgan fingerprint density at radius 1 is 1.55 bits per heavy atom. The van der Waals surface area contributed by atoms with E-state index in [4.69, 9.17) is 5.11 Å². The van der Waals surface area contributed by atoms with Crippen molar-refractivity contribution in [3.05, 3.63) is 23.8 Å². The van der Waals surface area contributed by atoms with Crippen LogP contribution in [0.2, 0.25) is 0 Å². The number of carbonyl (C=O) groups is 1. The van der Waals surface area contributed by atoms with Crippen LogP contribution in [0.3, 0.4) is 0 Å². The molecule has 0 fully saturated rings. The van der Waals surface area contributed by atoms with E-state index in [0.29, 0.717) is 11.4 Å². The molecule has 1 aromatic rings. The van der Waals surface area contributed by atoms with E-state index in [1.165, 1.54) is 12.4 Å². The number of aromatic carboxylic acids is 1. The molecule has 0 aliphatic heterocycles. The lowest BCUT2D eigenvalue weighted by molar-refractivity contribution is 0.0690. The highest BCUT2D eigenvalue weighted by atomic mass is 32.1. The first-order valence-electron chi connectivity index (χ1n) is 2.89. The summed E-state index contributed by atoms with van der Waals surface area (Å²) in [5.41, 5.74) is 0.619. The summed E-state index contributed by atoms with van der Waals surface area (Å²) in [6.07, 6.45) is 2.62. The summed E-state index contributed by atoms with van der Waals surface area (Å²) in [5.74, 6) is -0.601. The average Bonchev–Trinajstić information content (AvgIpc) is 2.05. The summed E-state index contributed by atoms with van der Waals surface area (Å²) in [4.78, 5) is 17.7. The third kappa shape index (κ3) is 1.91. The van der Waals surface area contributed by atoms with Crippen molar-refractivity contribution in [2.75, 3.05) is 0 Å². The minimum Gasteiger partial charge on any atom is -0.476 e. The molecule has 0 amide bonds. The van der Waals surface area contributed by atoms with Gasteiger partial charge in [-0.3, -0.25) is 4.98 Å². The van der Waals surface area contributed by atoms with Gasteiger partial charge in [-0.05, 0) is 0 Å². The molecule has 4 nitrogen and oxygen atoms in total. The maximum atomic E-state index is 10.3. The van der Waals surface area contributed by atoms with Crippen molar-refractivity contribution in [2.24, 2.45) is 0 Å². The molecule has 1 N–H and O–H groups in total. The fourth-order valence-electron chi connectivity index (χ4n) is 0.547. The molecule has 0 bridgehead atoms. The van der Waals surface area contributed by atoms with Gasteiger partial charge in [-0.1, -0.05) is 0 Å². The van der Waals surface area contributed by atoms with Crippen LogP contribution >= 0.6 is 12.6 Å². The largest absolute Gasteiger partial charge is 0.476 e. The number of rotatable bonds is 2. The first-order valence-corrected chi connectivity index (χ1v) is 3.52. The van der Waals surface area contributed by atoms with Crippen LogP contribution in [0.5, 0.6) is 0 Å². The number of hydrogen-bond acceptors (Lipinski definition) is 4. The van der Waals surface area contributed by atoms with Gasteiger partial charge in [-0.15, -0.1) is 0 Å². The van der Waals surface area contributed by atoms with Crippen LogP contribution in [0, 0.1) is 0 Å². The second-order valence-corrected chi connectivity index (χ2v) is 2.17. The zero-order valence-corrected chi connectivity index (χ0v) is 6.45. The molecule has 5 heteroatoms. The maximum Gasteiger partial charge on any atom is 0.356 e. The quantitative estimate of drug-likeness (QED) is 0.638. The van der Waals surface area contributed by atoms with Gasteiger partial charge >= 0.3 is 5.97 Å². The fourth-order valence-corrected chi connectivity index (χ4v) is 0.710. The fraction of sp³-hybridized carbons (Fsp3) is 0.167. The molecule has 1 aromatic heterocycles. The molecule has 1 rings (SSSR count). The predicted molar refractivity (Wildman–Crippen MR) is 41.7 cm³/mol. The van der Waals surface area contributed by atoms with Crippen molar-refractivity contribution in [2.45, 2.75) is 5.75 Å². The SMILES string of the molecule is O=C(O)c1cnc(CS)cn1. The lowest BCUT2D eigenvalue weighted by atomic mass is 10.4. The molecule has 11 heavy (non-hydrogen) atoms. The van der Waals surface area contributed by atoms with Gasteiger partial charge in [0.05, 0.1) is 18.1 Å². The molecule has 1 heterocycles. The zero-order valence-electron chi connectivity index (χ0n) is 5.56. The summed E-state index contributed by atoms with van der Waals surface area (Å²) in [5, 5.41) is 8.43. The second-order valence-electron chi connectivity index (χ2n) is 1.86. The molecule has 0 aliphatic carbocycles. The van der Waals surface area contributed by atoms with E-state index in [9.17, 15) is 4.79 Å². The van der Waals surface area contributed by atoms with Gasteiger partial charge in [0.15, 0.2) is 5.69 Å². The van der Waals surface area contributed by atoms with Gasteiger partial charge < -0.3 is 5.11 Å². The van der Waals surface area contributed by atoms with Crippen molar-refractivity contribution in [3.8, 4) is 0 Å². The highest BCUT2D eigenvalue weighted by molar-refractivity contribution is 7.79. The molecule has 0 saturated carbocycles. The summed E-state index contributed by atoms with van der Waals surface area (Å²) in [6.45, 7) is 0. The minimum atomic E-state index is -1.07. The van der Waals surface area contributed by atoms with Crippen LogP contribution in [-0.4, -0.2) is 21.0 Å². The smallest absolute Gasteiger partial charge is 0.356 e. The molecule has 0 unspecified atom stereocenters. The number of aromatic nitrogens is 2. The van der Waals surface area contributed by atoms with Gasteiger partial charge in [-0.2, -0.15) is 12.6 Å². The van der Waals surface area contributed by atoms with Crippen molar-refractivity contribution >= 4 is 18.6 Å². The standard InChI is InChI=1S/C6H6N2O2S/c9-6(10)5-2-7-4(3-11)1-8-5/h1-2,11H,3H2,(H,9,10). The van der Waals surface area contributed by atoms with Crippen molar-refractivity contribution < 1.29 is 9.90 Å². The van der Waals surface area contributed by atoms with Crippen LogP contribution in [0.1, 0.15) is 16.2 Å². The van der Waals surface area contributed by atoms with Crippen LogP contribution in [0.15, 0.2) is 12.4 Å². The van der Waals surface area contributed by atoms with Crippen molar-refractivity contribution in [3.63, 3.8) is 0 Å². The Morgan fingerprint density at radius 2 is 2.27 bits per heavy atom. The Bertz CT molecular complexity index is 260. The van der Waals surface area contributed by atoms with Crippen LogP contribution in [0.4, 0.5) is 0 Å². The maximum absolute atomic E-state index is 10.3. The third-order valence-electron chi connectivity index (χ3n) is 1.09. The van der Waals surface area contributed by atoms with E-state index in [2.05, 4.69) is 22.6 Å².